The van der Waals surface area contributed by atoms with Gasteiger partial charge in [0, 0.05) is 24.2 Å². The Kier molecular flexibility index (Phi) is 5.63. The zero-order valence-electron chi connectivity index (χ0n) is 13.5. The molecule has 0 aromatic heterocycles. The smallest absolute Gasteiger partial charge is 0.0445 e. The van der Waals surface area contributed by atoms with Crippen molar-refractivity contribution in [1.82, 2.24) is 0 Å². The molecular weight excluding hydrogens is 256 g/mol. The Hall–Kier alpha value is -1.54. The van der Waals surface area contributed by atoms with Crippen LogP contribution in [0.15, 0.2) is 42.5 Å². The van der Waals surface area contributed by atoms with Gasteiger partial charge in [0.1, 0.15) is 0 Å². The summed E-state index contributed by atoms with van der Waals surface area (Å²) in [4.78, 5) is 2.47. The maximum absolute atomic E-state index is 5.99. The van der Waals surface area contributed by atoms with Crippen molar-refractivity contribution in [3.05, 3.63) is 42.5 Å². The fraction of sp³-hybridized carbons (Fsp3) is 0.474. The molecule has 0 aliphatic carbocycles. The number of benzene rings is 2. The quantitative estimate of drug-likeness (QED) is 0.822. The molecule has 2 aromatic carbocycles. The first kappa shape index (κ1) is 15.8. The minimum absolute atomic E-state index is 0.559. The van der Waals surface area contributed by atoms with Crippen molar-refractivity contribution in [2.24, 2.45) is 17.6 Å². The molecule has 0 amide bonds. The van der Waals surface area contributed by atoms with E-state index in [0.717, 1.165) is 19.6 Å². The summed E-state index contributed by atoms with van der Waals surface area (Å²) in [6.07, 6.45) is 1.19. The second-order valence-electron chi connectivity index (χ2n) is 6.27. The number of hydrogen-bond donors (Lipinski definition) is 1. The third-order valence-corrected chi connectivity index (χ3v) is 4.11. The summed E-state index contributed by atoms with van der Waals surface area (Å²) in [5.41, 5.74) is 7.32. The summed E-state index contributed by atoms with van der Waals surface area (Å²) in [5.74, 6) is 1.26. The molecule has 0 aliphatic rings. The first-order valence-electron chi connectivity index (χ1n) is 8.08. The number of nitrogens with zero attached hydrogens (tertiary/aromatic N) is 1. The van der Waals surface area contributed by atoms with Crippen molar-refractivity contribution >= 4 is 16.5 Å². The van der Waals surface area contributed by atoms with Crippen molar-refractivity contribution in [1.29, 1.82) is 0 Å². The van der Waals surface area contributed by atoms with Crippen molar-refractivity contribution < 1.29 is 0 Å². The van der Waals surface area contributed by atoms with E-state index in [9.17, 15) is 0 Å². The van der Waals surface area contributed by atoms with E-state index in [2.05, 4.69) is 68.1 Å². The molecule has 21 heavy (non-hydrogen) atoms. The Morgan fingerprint density at radius 1 is 1.05 bits per heavy atom. The topological polar surface area (TPSA) is 29.3 Å². The predicted molar refractivity (Wildman–Crippen MR) is 93.8 cm³/mol. The highest BCUT2D eigenvalue weighted by atomic mass is 15.1. The summed E-state index contributed by atoms with van der Waals surface area (Å²) in [7, 11) is 0. The average molecular weight is 284 g/mol. The summed E-state index contributed by atoms with van der Waals surface area (Å²) in [6.45, 7) is 9.60. The van der Waals surface area contributed by atoms with Crippen LogP contribution in [0.1, 0.15) is 27.2 Å². The van der Waals surface area contributed by atoms with Crippen LogP contribution in [0.5, 0.6) is 0 Å². The van der Waals surface area contributed by atoms with E-state index >= 15 is 0 Å². The molecule has 2 nitrogen and oxygen atoms in total. The Morgan fingerprint density at radius 2 is 1.76 bits per heavy atom. The van der Waals surface area contributed by atoms with Gasteiger partial charge in [0.05, 0.1) is 0 Å². The molecule has 0 aliphatic heterocycles. The highest BCUT2D eigenvalue weighted by Gasteiger charge is 2.15. The Labute approximate surface area is 128 Å². The Balaban J connectivity index is 2.27. The molecule has 0 spiro atoms. The lowest BCUT2D eigenvalue weighted by Gasteiger charge is -2.29. The number of rotatable bonds is 7. The molecular formula is C19H28N2. The molecule has 2 heteroatoms. The molecule has 0 bridgehead atoms. The number of fused-ring (bicyclic) bond motifs is 1. The van der Waals surface area contributed by atoms with Crippen LogP contribution in [-0.2, 0) is 0 Å². The maximum atomic E-state index is 5.99. The molecule has 2 N–H and O–H groups in total. The predicted octanol–water partition coefficient (Wildman–Crippen LogP) is 4.29. The fourth-order valence-electron chi connectivity index (χ4n) is 3.11. The van der Waals surface area contributed by atoms with Crippen LogP contribution in [0.2, 0.25) is 0 Å². The van der Waals surface area contributed by atoms with Gasteiger partial charge in [-0.25, -0.2) is 0 Å². The maximum Gasteiger partial charge on any atom is 0.0445 e. The monoisotopic (exact) mass is 284 g/mol. The van der Waals surface area contributed by atoms with Gasteiger partial charge in [-0.15, -0.1) is 0 Å². The molecule has 1 unspecified atom stereocenters. The highest BCUT2D eigenvalue weighted by Crippen LogP contribution is 2.27. The fourth-order valence-corrected chi connectivity index (χ4v) is 3.11. The number of hydrogen-bond acceptors (Lipinski definition) is 2. The zero-order chi connectivity index (χ0) is 15.2. The molecule has 1 atom stereocenters. The van der Waals surface area contributed by atoms with Gasteiger partial charge in [-0.1, -0.05) is 50.2 Å². The van der Waals surface area contributed by atoms with Gasteiger partial charge in [0.25, 0.3) is 0 Å². The van der Waals surface area contributed by atoms with E-state index in [1.807, 2.05) is 0 Å². The second-order valence-corrected chi connectivity index (χ2v) is 6.27. The lowest BCUT2D eigenvalue weighted by molar-refractivity contribution is 0.416. The standard InChI is InChI=1S/C19H28N2/c1-4-21(14-16(13-20)12-15(2)3)19-11-7-9-17-8-5-6-10-18(17)19/h5-11,15-16H,4,12-14,20H2,1-3H3. The van der Waals surface area contributed by atoms with E-state index < -0.39 is 0 Å². The van der Waals surface area contributed by atoms with Crippen LogP contribution in [0.3, 0.4) is 0 Å². The molecule has 0 heterocycles. The van der Waals surface area contributed by atoms with Gasteiger partial charge in [-0.05, 0) is 43.2 Å². The molecule has 0 fully saturated rings. The lowest BCUT2D eigenvalue weighted by atomic mass is 9.96. The van der Waals surface area contributed by atoms with Gasteiger partial charge in [-0.2, -0.15) is 0 Å². The third kappa shape index (κ3) is 3.98. The molecule has 0 saturated heterocycles. The average Bonchev–Trinajstić information content (AvgIpc) is 2.50. The van der Waals surface area contributed by atoms with Crippen LogP contribution in [0, 0.1) is 11.8 Å². The minimum atomic E-state index is 0.559. The summed E-state index contributed by atoms with van der Waals surface area (Å²) >= 11 is 0. The molecule has 2 rings (SSSR count). The Morgan fingerprint density at radius 3 is 2.43 bits per heavy atom. The van der Waals surface area contributed by atoms with Gasteiger partial charge < -0.3 is 10.6 Å². The zero-order valence-corrected chi connectivity index (χ0v) is 13.5. The van der Waals surface area contributed by atoms with Crippen molar-refractivity contribution in [3.8, 4) is 0 Å². The second kappa shape index (κ2) is 7.46. The van der Waals surface area contributed by atoms with Crippen LogP contribution in [-0.4, -0.2) is 19.6 Å². The van der Waals surface area contributed by atoms with Gasteiger partial charge in [0.2, 0.25) is 0 Å². The SMILES string of the molecule is CCN(CC(CN)CC(C)C)c1cccc2ccccc12. The Bertz CT molecular complexity index is 557. The van der Waals surface area contributed by atoms with E-state index in [4.69, 9.17) is 5.73 Å². The van der Waals surface area contributed by atoms with Crippen molar-refractivity contribution in [2.45, 2.75) is 27.2 Å². The highest BCUT2D eigenvalue weighted by molar-refractivity contribution is 5.94. The largest absolute Gasteiger partial charge is 0.371 e. The number of nitrogens with two attached hydrogens (primary N) is 1. The lowest BCUT2D eigenvalue weighted by Crippen LogP contribution is -2.33. The number of anilines is 1. The van der Waals surface area contributed by atoms with Gasteiger partial charge in [-0.3, -0.25) is 0 Å². The molecule has 2 aromatic rings. The first-order chi connectivity index (χ1) is 10.2. The van der Waals surface area contributed by atoms with E-state index in [-0.39, 0.29) is 0 Å². The van der Waals surface area contributed by atoms with E-state index in [1.54, 1.807) is 0 Å². The summed E-state index contributed by atoms with van der Waals surface area (Å²) in [5, 5.41) is 2.64. The molecule has 0 radical (unpaired) electrons. The normalized spacial score (nSPS) is 12.8. The van der Waals surface area contributed by atoms with Crippen LogP contribution >= 0.6 is 0 Å². The first-order valence-corrected chi connectivity index (χ1v) is 8.08. The van der Waals surface area contributed by atoms with Crippen molar-refractivity contribution in [2.75, 3.05) is 24.5 Å². The summed E-state index contributed by atoms with van der Waals surface area (Å²) < 4.78 is 0. The summed E-state index contributed by atoms with van der Waals surface area (Å²) in [6, 6.07) is 15.2. The van der Waals surface area contributed by atoms with Crippen LogP contribution in [0.4, 0.5) is 5.69 Å². The third-order valence-electron chi connectivity index (χ3n) is 4.11. The van der Waals surface area contributed by atoms with Crippen LogP contribution < -0.4 is 10.6 Å². The van der Waals surface area contributed by atoms with E-state index in [0.29, 0.717) is 11.8 Å². The minimum Gasteiger partial charge on any atom is -0.371 e. The molecule has 114 valence electrons. The van der Waals surface area contributed by atoms with Crippen molar-refractivity contribution in [3.63, 3.8) is 0 Å². The molecule has 0 saturated carbocycles. The van der Waals surface area contributed by atoms with E-state index in [1.165, 1.54) is 22.9 Å². The van der Waals surface area contributed by atoms with Gasteiger partial charge in [0.15, 0.2) is 0 Å². The van der Waals surface area contributed by atoms with Gasteiger partial charge >= 0.3 is 0 Å². The van der Waals surface area contributed by atoms with Crippen LogP contribution in [0.25, 0.3) is 10.8 Å².